The molecule has 2 N–H and O–H groups in total. The summed E-state index contributed by atoms with van der Waals surface area (Å²) < 4.78 is 76.9. The van der Waals surface area contributed by atoms with Gasteiger partial charge in [0, 0.05) is 29.6 Å². The summed E-state index contributed by atoms with van der Waals surface area (Å²) >= 11 is 0. The van der Waals surface area contributed by atoms with Crippen LogP contribution in [0.25, 0.3) is 56.0 Å². The first-order chi connectivity index (χ1) is 21.8. The molecule has 0 aliphatic rings. The normalized spacial score (nSPS) is 11.6. The molecule has 0 fully saturated rings. The Morgan fingerprint density at radius 1 is 0.913 bits per heavy atom. The molecule has 234 valence electrons. The molecule has 6 rings (SSSR count). The number of anilines is 1. The lowest BCUT2D eigenvalue weighted by molar-refractivity contribution is 0.0640. The third-order valence-electron chi connectivity index (χ3n) is 7.26. The topological polar surface area (TPSA) is 155 Å². The van der Waals surface area contributed by atoms with Crippen molar-refractivity contribution in [3.8, 4) is 39.7 Å². The van der Waals surface area contributed by atoms with Gasteiger partial charge in [0.1, 0.15) is 34.0 Å². The van der Waals surface area contributed by atoms with E-state index in [4.69, 9.17) is 24.0 Å². The third-order valence-corrected chi connectivity index (χ3v) is 8.45. The van der Waals surface area contributed by atoms with Crippen molar-refractivity contribution in [3.05, 3.63) is 90.0 Å². The molecule has 11 nitrogen and oxygen atoms in total. The number of methoxy groups -OCH3 is 1. The first-order valence-corrected chi connectivity index (χ1v) is 15.3. The van der Waals surface area contributed by atoms with Crippen LogP contribution < -0.4 is 14.8 Å². The number of hydrogen-bond donors (Lipinski definition) is 1. The lowest BCUT2D eigenvalue weighted by Crippen LogP contribution is -2.25. The molecule has 14 heteroatoms. The highest BCUT2D eigenvalue weighted by Crippen LogP contribution is 2.43. The van der Waals surface area contributed by atoms with Crippen LogP contribution in [-0.2, 0) is 14.8 Å². The maximum Gasteiger partial charge on any atom is 0.412 e. The van der Waals surface area contributed by atoms with Gasteiger partial charge in [-0.05, 0) is 60.2 Å². The number of amides is 1. The molecule has 0 bridgehead atoms. The number of ether oxygens (including phenoxy) is 2. The Morgan fingerprint density at radius 2 is 1.63 bits per heavy atom. The fraction of sp³-hybridized carbons (Fsp3) is 0.0938. The Kier molecular flexibility index (Phi) is 7.44. The number of nitrogens with two attached hydrogens (primary N) is 1. The highest BCUT2D eigenvalue weighted by Gasteiger charge is 2.28. The quantitative estimate of drug-likeness (QED) is 0.151. The van der Waals surface area contributed by atoms with E-state index in [1.807, 2.05) is 0 Å². The summed E-state index contributed by atoms with van der Waals surface area (Å²) in [5.74, 6) is -2.00. The van der Waals surface area contributed by atoms with E-state index in [9.17, 15) is 26.8 Å². The number of oxazole rings is 1. The largest absolute Gasteiger partial charge is 0.496 e. The molecule has 0 atom stereocenters. The van der Waals surface area contributed by atoms with E-state index in [0.717, 1.165) is 22.7 Å². The number of aromatic nitrogens is 1. The van der Waals surface area contributed by atoms with Crippen LogP contribution in [-0.4, -0.2) is 45.9 Å². The van der Waals surface area contributed by atoms with Gasteiger partial charge >= 0.3 is 12.1 Å². The average molecular weight is 648 g/mol. The number of nitrogens with zero attached hydrogens (tertiary/aromatic N) is 2. The number of primary amides is 1. The Labute approximate surface area is 259 Å². The Hall–Kier alpha value is -5.76. The minimum atomic E-state index is -3.84. The van der Waals surface area contributed by atoms with Crippen molar-refractivity contribution in [3.63, 3.8) is 0 Å². The first-order valence-electron chi connectivity index (χ1n) is 13.4. The molecule has 4 aromatic carbocycles. The van der Waals surface area contributed by atoms with Crippen molar-refractivity contribution in [2.45, 2.75) is 0 Å². The van der Waals surface area contributed by atoms with Gasteiger partial charge in [-0.2, -0.15) is 0 Å². The first kappa shape index (κ1) is 30.3. The number of esters is 1. The van der Waals surface area contributed by atoms with E-state index in [1.165, 1.54) is 50.6 Å². The van der Waals surface area contributed by atoms with E-state index in [2.05, 4.69) is 4.98 Å². The number of furan rings is 1. The number of carbonyl (C=O) groups is 2. The summed E-state index contributed by atoms with van der Waals surface area (Å²) in [4.78, 5) is 29.1. The van der Waals surface area contributed by atoms with Crippen molar-refractivity contribution in [1.82, 2.24) is 4.98 Å². The van der Waals surface area contributed by atoms with Crippen molar-refractivity contribution in [2.75, 3.05) is 24.7 Å². The SMILES string of the molecule is COc1ccc(-c2cc3c(C(=O)OC(N)=O)c(-c4ccc(F)cc4)oc3cc2N(C)S(C)(=O)=O)cc1-c1nc2c(F)cccc2o1. The van der Waals surface area contributed by atoms with Crippen LogP contribution in [0.4, 0.5) is 19.3 Å². The lowest BCUT2D eigenvalue weighted by Gasteiger charge is -2.21. The van der Waals surface area contributed by atoms with Gasteiger partial charge in [0.05, 0.1) is 24.6 Å². The van der Waals surface area contributed by atoms with Gasteiger partial charge in [-0.15, -0.1) is 0 Å². The van der Waals surface area contributed by atoms with E-state index >= 15 is 0 Å². The number of para-hydroxylation sites is 1. The molecular formula is C32H23F2N3O8S. The molecule has 0 aliphatic carbocycles. The van der Waals surface area contributed by atoms with Crippen LogP contribution in [0.1, 0.15) is 10.4 Å². The van der Waals surface area contributed by atoms with Crippen molar-refractivity contribution >= 4 is 49.8 Å². The molecule has 2 heterocycles. The fourth-order valence-electron chi connectivity index (χ4n) is 5.02. The van der Waals surface area contributed by atoms with Gasteiger partial charge in [0.25, 0.3) is 0 Å². The maximum absolute atomic E-state index is 14.5. The van der Waals surface area contributed by atoms with E-state index < -0.39 is 33.7 Å². The van der Waals surface area contributed by atoms with Gasteiger partial charge < -0.3 is 24.0 Å². The molecule has 1 amide bonds. The summed E-state index contributed by atoms with van der Waals surface area (Å²) in [7, 11) is -1.08. The smallest absolute Gasteiger partial charge is 0.412 e. The van der Waals surface area contributed by atoms with Gasteiger partial charge in [0.15, 0.2) is 11.4 Å². The van der Waals surface area contributed by atoms with Crippen LogP contribution in [0, 0.1) is 11.6 Å². The zero-order valence-corrected chi connectivity index (χ0v) is 25.1. The number of benzene rings is 4. The van der Waals surface area contributed by atoms with Crippen LogP contribution in [0.2, 0.25) is 0 Å². The second kappa shape index (κ2) is 11.3. The van der Waals surface area contributed by atoms with Crippen LogP contribution in [0.5, 0.6) is 5.75 Å². The monoisotopic (exact) mass is 647 g/mol. The number of hydrogen-bond acceptors (Lipinski definition) is 9. The molecule has 0 spiro atoms. The Bertz CT molecular complexity index is 2300. The summed E-state index contributed by atoms with van der Waals surface area (Å²) in [6.07, 6.45) is -0.359. The lowest BCUT2D eigenvalue weighted by atomic mass is 9.97. The molecule has 0 radical (unpaired) electrons. The summed E-state index contributed by atoms with van der Waals surface area (Å²) in [6, 6.07) is 17.0. The number of fused-ring (bicyclic) bond motifs is 2. The standard InChI is InChI=1S/C32H23F2N3O8S/c1-37(46(3,40)41)23-15-26-20(27(31(38)45-32(35)39)29(43-26)16-7-10-18(33)11-8-16)14-19(23)17-9-12-24(42-2)21(13-17)30-36-28-22(34)5-4-6-25(28)44-30/h4-15H,1-3H3,(H2,35,39). The maximum atomic E-state index is 14.5. The zero-order chi connectivity index (χ0) is 32.9. The Balaban J connectivity index is 1.64. The van der Waals surface area contributed by atoms with Gasteiger partial charge in [-0.1, -0.05) is 12.1 Å². The summed E-state index contributed by atoms with van der Waals surface area (Å²) in [6.45, 7) is 0. The minimum Gasteiger partial charge on any atom is -0.496 e. The van der Waals surface area contributed by atoms with E-state index in [0.29, 0.717) is 16.9 Å². The number of rotatable bonds is 7. The molecule has 0 saturated carbocycles. The fourth-order valence-corrected chi connectivity index (χ4v) is 5.53. The minimum absolute atomic E-state index is 0.00759. The molecule has 0 saturated heterocycles. The molecule has 46 heavy (non-hydrogen) atoms. The van der Waals surface area contributed by atoms with Crippen molar-refractivity contribution < 1.29 is 45.1 Å². The molecule has 2 aromatic heterocycles. The van der Waals surface area contributed by atoms with Crippen LogP contribution >= 0.6 is 0 Å². The van der Waals surface area contributed by atoms with Gasteiger partial charge in [-0.25, -0.2) is 31.8 Å². The highest BCUT2D eigenvalue weighted by atomic mass is 32.2. The van der Waals surface area contributed by atoms with Crippen molar-refractivity contribution in [2.24, 2.45) is 5.73 Å². The van der Waals surface area contributed by atoms with Crippen molar-refractivity contribution in [1.29, 1.82) is 0 Å². The molecule has 0 aliphatic heterocycles. The summed E-state index contributed by atoms with van der Waals surface area (Å²) in [5, 5.41) is 0.132. The predicted octanol–water partition coefficient (Wildman–Crippen LogP) is 6.49. The average Bonchev–Trinajstić information content (AvgIpc) is 3.62. The van der Waals surface area contributed by atoms with E-state index in [1.54, 1.807) is 24.3 Å². The Morgan fingerprint density at radius 3 is 2.28 bits per heavy atom. The molecule has 6 aromatic rings. The highest BCUT2D eigenvalue weighted by molar-refractivity contribution is 7.92. The van der Waals surface area contributed by atoms with Gasteiger partial charge in [-0.3, -0.25) is 4.31 Å². The molecular weight excluding hydrogens is 624 g/mol. The number of sulfonamides is 1. The predicted molar refractivity (Wildman–Crippen MR) is 165 cm³/mol. The van der Waals surface area contributed by atoms with Crippen LogP contribution in [0.15, 0.2) is 81.6 Å². The third kappa shape index (κ3) is 5.38. The number of carbonyl (C=O) groups excluding carboxylic acids is 2. The van der Waals surface area contributed by atoms with E-state index in [-0.39, 0.29) is 56.1 Å². The number of halogens is 2. The second-order valence-corrected chi connectivity index (χ2v) is 12.2. The summed E-state index contributed by atoms with van der Waals surface area (Å²) in [5.41, 5.74) is 6.60. The second-order valence-electron chi connectivity index (χ2n) is 10.1. The zero-order valence-electron chi connectivity index (χ0n) is 24.3. The van der Waals surface area contributed by atoms with Crippen LogP contribution in [0.3, 0.4) is 0 Å². The van der Waals surface area contributed by atoms with Gasteiger partial charge in [0.2, 0.25) is 15.9 Å². The molecule has 0 unspecified atom stereocenters.